The molecule has 106 valence electrons. The zero-order valence-electron chi connectivity index (χ0n) is 11.8. The third-order valence-electron chi connectivity index (χ3n) is 2.41. The number of hydrogen-bond donors (Lipinski definition) is 0. The van der Waals surface area contributed by atoms with E-state index in [0.717, 1.165) is 0 Å². The van der Waals surface area contributed by atoms with Gasteiger partial charge < -0.3 is 0 Å². The molecule has 0 saturated carbocycles. The van der Waals surface area contributed by atoms with E-state index in [9.17, 15) is 4.79 Å². The van der Waals surface area contributed by atoms with E-state index in [1.165, 1.54) is 22.6 Å². The minimum Gasteiger partial charge on any atom is -0.297 e. The number of carbonyl (C=O) groups is 1. The molecule has 1 aromatic heterocycles. The van der Waals surface area contributed by atoms with Crippen LogP contribution in [0.3, 0.4) is 0 Å². The normalized spacial score (nSPS) is 12.4. The summed E-state index contributed by atoms with van der Waals surface area (Å²) in [5.41, 5.74) is 0.477. The van der Waals surface area contributed by atoms with Crippen molar-refractivity contribution >= 4 is 23.8 Å². The Labute approximate surface area is 117 Å². The van der Waals surface area contributed by atoms with E-state index in [2.05, 4.69) is 15.2 Å². The third-order valence-corrected chi connectivity index (χ3v) is 3.11. The van der Waals surface area contributed by atoms with Crippen LogP contribution >= 0.6 is 11.9 Å². The number of carbonyl (C=O) groups excluding carboxylic acids is 1. The molecule has 1 heterocycles. The Bertz CT molecular complexity index is 438. The average Bonchev–Trinajstić information content (AvgIpc) is 2.84. The number of rotatable bonds is 4. The summed E-state index contributed by atoms with van der Waals surface area (Å²) in [6, 6.07) is 0. The molecule has 0 fully saturated rings. The molecule has 0 aliphatic carbocycles. The van der Waals surface area contributed by atoms with Crippen molar-refractivity contribution < 1.29 is 9.63 Å². The molecule has 0 aliphatic heterocycles. The van der Waals surface area contributed by atoms with Crippen LogP contribution in [0.1, 0.15) is 20.8 Å². The molecule has 0 aliphatic rings. The lowest BCUT2D eigenvalue weighted by Gasteiger charge is -2.20. The van der Waals surface area contributed by atoms with E-state index in [4.69, 9.17) is 4.84 Å². The van der Waals surface area contributed by atoms with Crippen LogP contribution in [0.2, 0.25) is 0 Å². The van der Waals surface area contributed by atoms with Crippen molar-refractivity contribution in [1.29, 1.82) is 0 Å². The van der Waals surface area contributed by atoms with Crippen LogP contribution in [0.25, 0.3) is 0 Å². The Morgan fingerprint density at radius 3 is 2.68 bits per heavy atom. The van der Waals surface area contributed by atoms with Gasteiger partial charge >= 0.3 is 6.09 Å². The number of amides is 1. The maximum absolute atomic E-state index is 11.5. The largest absolute Gasteiger partial charge is 0.445 e. The summed E-state index contributed by atoms with van der Waals surface area (Å²) in [5.74, 6) is 0. The van der Waals surface area contributed by atoms with Gasteiger partial charge in [0.15, 0.2) is 0 Å². The Kier molecular flexibility index (Phi) is 5.34. The number of aromatic nitrogens is 3. The van der Waals surface area contributed by atoms with Crippen LogP contribution in [-0.4, -0.2) is 44.2 Å². The molecule has 19 heavy (non-hydrogen) atoms. The van der Waals surface area contributed by atoms with Crippen molar-refractivity contribution in [2.75, 3.05) is 13.3 Å². The molecule has 0 atom stereocenters. The highest BCUT2D eigenvalue weighted by molar-refractivity contribution is 7.96. The third kappa shape index (κ3) is 4.90. The van der Waals surface area contributed by atoms with Crippen LogP contribution in [-0.2, 0) is 11.4 Å². The average molecular weight is 285 g/mol. The minimum absolute atomic E-state index is 0.232. The highest BCUT2D eigenvalue weighted by atomic mass is 32.2. The molecule has 0 N–H and O–H groups in total. The highest BCUT2D eigenvalue weighted by Crippen LogP contribution is 2.18. The summed E-state index contributed by atoms with van der Waals surface area (Å²) in [7, 11) is 1.62. The summed E-state index contributed by atoms with van der Waals surface area (Å²) >= 11 is 1.26. The molecule has 0 saturated heterocycles. The summed E-state index contributed by atoms with van der Waals surface area (Å²) in [6.45, 7) is 6.42. The van der Waals surface area contributed by atoms with Crippen molar-refractivity contribution in [3.63, 3.8) is 0 Å². The maximum Gasteiger partial charge on any atom is 0.445 e. The van der Waals surface area contributed by atoms with Gasteiger partial charge in [-0.15, -0.1) is 0 Å². The zero-order chi connectivity index (χ0) is 14.5. The summed E-state index contributed by atoms with van der Waals surface area (Å²) < 4.78 is 3.00. The lowest BCUT2D eigenvalue weighted by Crippen LogP contribution is -2.27. The van der Waals surface area contributed by atoms with Crippen LogP contribution in [0.4, 0.5) is 4.79 Å². The zero-order valence-corrected chi connectivity index (χ0v) is 12.6. The molecule has 1 aromatic rings. The van der Waals surface area contributed by atoms with Crippen LogP contribution in [0, 0.1) is 5.41 Å². The molecule has 1 amide bonds. The first kappa shape index (κ1) is 15.5. The standard InChI is InChI=1S/C11H19N5O2S/c1-11(2,3)9(6-16-8-12-7-13-16)14-18-10(17)15(4)19-5/h7-8H,6H2,1-5H3. The van der Waals surface area contributed by atoms with E-state index in [-0.39, 0.29) is 5.41 Å². The predicted molar refractivity (Wildman–Crippen MR) is 74.7 cm³/mol. The second-order valence-corrected chi connectivity index (χ2v) is 5.83. The number of nitrogens with zero attached hydrogens (tertiary/aromatic N) is 5. The molecule has 0 bridgehead atoms. The van der Waals surface area contributed by atoms with Gasteiger partial charge in [-0.1, -0.05) is 25.9 Å². The molecule has 0 unspecified atom stereocenters. The van der Waals surface area contributed by atoms with Crippen LogP contribution in [0.15, 0.2) is 17.8 Å². The van der Waals surface area contributed by atoms with Gasteiger partial charge in [-0.3, -0.25) is 9.14 Å². The summed E-state index contributed by atoms with van der Waals surface area (Å²) in [6.07, 6.45) is 4.32. The van der Waals surface area contributed by atoms with Gasteiger partial charge in [-0.05, 0) is 11.9 Å². The van der Waals surface area contributed by atoms with Gasteiger partial charge in [0.25, 0.3) is 0 Å². The monoisotopic (exact) mass is 285 g/mol. The fourth-order valence-corrected chi connectivity index (χ4v) is 1.28. The molecule has 0 radical (unpaired) electrons. The van der Waals surface area contributed by atoms with Crippen LogP contribution in [0.5, 0.6) is 0 Å². The first-order valence-electron chi connectivity index (χ1n) is 5.73. The lowest BCUT2D eigenvalue weighted by atomic mass is 9.90. The smallest absolute Gasteiger partial charge is 0.297 e. The Hall–Kier alpha value is -1.57. The SMILES string of the molecule is CSN(C)C(=O)ON=C(Cn1cncn1)C(C)(C)C. The van der Waals surface area contributed by atoms with E-state index in [1.807, 2.05) is 20.8 Å². The Morgan fingerprint density at radius 1 is 1.53 bits per heavy atom. The van der Waals surface area contributed by atoms with Gasteiger partial charge in [0.05, 0.1) is 12.3 Å². The summed E-state index contributed by atoms with van der Waals surface area (Å²) in [4.78, 5) is 20.3. The number of hydrogen-bond acceptors (Lipinski definition) is 6. The van der Waals surface area contributed by atoms with Crippen molar-refractivity contribution in [3.8, 4) is 0 Å². The van der Waals surface area contributed by atoms with Crippen molar-refractivity contribution in [3.05, 3.63) is 12.7 Å². The molecule has 7 nitrogen and oxygen atoms in total. The molecule has 0 spiro atoms. The lowest BCUT2D eigenvalue weighted by molar-refractivity contribution is 0.135. The van der Waals surface area contributed by atoms with Gasteiger partial charge in [0, 0.05) is 18.7 Å². The minimum atomic E-state index is -0.507. The fourth-order valence-electron chi connectivity index (χ4n) is 1.10. The predicted octanol–water partition coefficient (Wildman–Crippen LogP) is 2.03. The molecule has 0 aromatic carbocycles. The van der Waals surface area contributed by atoms with Crippen LogP contribution < -0.4 is 0 Å². The van der Waals surface area contributed by atoms with E-state index in [1.54, 1.807) is 24.3 Å². The molecular weight excluding hydrogens is 266 g/mol. The van der Waals surface area contributed by atoms with Gasteiger partial charge in [-0.25, -0.2) is 14.5 Å². The molecule has 8 heteroatoms. The number of oxime groups is 1. The molecular formula is C11H19N5O2S. The topological polar surface area (TPSA) is 72.6 Å². The quantitative estimate of drug-likeness (QED) is 0.366. The second kappa shape index (κ2) is 6.55. The second-order valence-electron chi connectivity index (χ2n) is 4.92. The maximum atomic E-state index is 11.5. The van der Waals surface area contributed by atoms with E-state index < -0.39 is 6.09 Å². The van der Waals surface area contributed by atoms with E-state index >= 15 is 0 Å². The van der Waals surface area contributed by atoms with Gasteiger partial charge in [-0.2, -0.15) is 5.10 Å². The Morgan fingerprint density at radius 2 is 2.21 bits per heavy atom. The highest BCUT2D eigenvalue weighted by Gasteiger charge is 2.22. The first-order chi connectivity index (χ1) is 8.84. The van der Waals surface area contributed by atoms with Gasteiger partial charge in [0.2, 0.25) is 0 Å². The molecule has 1 rings (SSSR count). The fraction of sp³-hybridized carbons (Fsp3) is 0.636. The Balaban J connectivity index is 2.77. The van der Waals surface area contributed by atoms with Crippen molar-refractivity contribution in [2.24, 2.45) is 10.6 Å². The van der Waals surface area contributed by atoms with Crippen molar-refractivity contribution in [1.82, 2.24) is 19.1 Å². The first-order valence-corrected chi connectivity index (χ1v) is 6.91. The van der Waals surface area contributed by atoms with Gasteiger partial charge in [0.1, 0.15) is 12.7 Å². The van der Waals surface area contributed by atoms with Crippen molar-refractivity contribution in [2.45, 2.75) is 27.3 Å². The summed E-state index contributed by atoms with van der Waals surface area (Å²) in [5, 5.41) is 7.98. The van der Waals surface area contributed by atoms with E-state index in [0.29, 0.717) is 12.3 Å².